The molecule has 0 aliphatic carbocycles. The zero-order valence-electron chi connectivity index (χ0n) is 16.9. The average molecular weight is 378 g/mol. The molecule has 1 aliphatic heterocycles. The highest BCUT2D eigenvalue weighted by Gasteiger charge is 2.49. The van der Waals surface area contributed by atoms with Crippen LogP contribution < -0.4 is 10.2 Å². The van der Waals surface area contributed by atoms with Gasteiger partial charge in [0.1, 0.15) is 16.9 Å². The van der Waals surface area contributed by atoms with Gasteiger partial charge in [0.25, 0.3) is 11.8 Å². The topological polar surface area (TPSA) is 69.6 Å². The number of anilines is 2. The lowest BCUT2D eigenvalue weighted by Crippen LogP contribution is -2.44. The van der Waals surface area contributed by atoms with Crippen molar-refractivity contribution < 1.29 is 14.7 Å². The van der Waals surface area contributed by atoms with Crippen LogP contribution in [0.5, 0.6) is 0 Å². The van der Waals surface area contributed by atoms with E-state index in [2.05, 4.69) is 19.2 Å². The molecule has 0 fully saturated rings. The molecule has 5 nitrogen and oxygen atoms in total. The Hall–Kier alpha value is -3.08. The molecule has 146 valence electrons. The number of rotatable bonds is 4. The summed E-state index contributed by atoms with van der Waals surface area (Å²) in [6.07, 6.45) is 0. The minimum atomic E-state index is -1.02. The highest BCUT2D eigenvalue weighted by molar-refractivity contribution is 6.29. The lowest BCUT2D eigenvalue weighted by molar-refractivity contribution is -0.119. The summed E-state index contributed by atoms with van der Waals surface area (Å²) in [4.78, 5) is 27.4. The van der Waals surface area contributed by atoms with Gasteiger partial charge in [-0.15, -0.1) is 0 Å². The fourth-order valence-corrected chi connectivity index (χ4v) is 3.39. The van der Waals surface area contributed by atoms with Crippen LogP contribution in [0.25, 0.3) is 0 Å². The number of aryl methyl sites for hydroxylation is 1. The van der Waals surface area contributed by atoms with Crippen LogP contribution in [0.15, 0.2) is 59.9 Å². The smallest absolute Gasteiger partial charge is 0.268 e. The summed E-state index contributed by atoms with van der Waals surface area (Å²) in [5.41, 5.74) is 2.13. The van der Waals surface area contributed by atoms with Crippen molar-refractivity contribution in [2.75, 3.05) is 10.2 Å². The number of hydrogen-bond donors (Lipinski definition) is 2. The van der Waals surface area contributed by atoms with Crippen LogP contribution >= 0.6 is 0 Å². The van der Waals surface area contributed by atoms with E-state index in [1.807, 2.05) is 49.4 Å². The summed E-state index contributed by atoms with van der Waals surface area (Å²) < 4.78 is 0. The molecule has 2 aromatic carbocycles. The second kappa shape index (κ2) is 7.15. The number of carbonyl (C=O) groups excluding carboxylic acids is 2. The van der Waals surface area contributed by atoms with Crippen molar-refractivity contribution in [3.05, 3.63) is 71.0 Å². The summed E-state index contributed by atoms with van der Waals surface area (Å²) in [7, 11) is 0. The Bertz CT molecular complexity index is 956. The molecule has 5 heteroatoms. The van der Waals surface area contributed by atoms with Gasteiger partial charge in [0.2, 0.25) is 0 Å². The third-order valence-electron chi connectivity index (χ3n) is 5.12. The van der Waals surface area contributed by atoms with E-state index in [4.69, 9.17) is 0 Å². The van der Waals surface area contributed by atoms with E-state index in [0.717, 1.165) is 11.1 Å². The van der Waals surface area contributed by atoms with Crippen LogP contribution in [-0.2, 0) is 9.59 Å². The Morgan fingerprint density at radius 3 is 2.36 bits per heavy atom. The van der Waals surface area contributed by atoms with Crippen molar-refractivity contribution in [2.45, 2.75) is 46.1 Å². The average Bonchev–Trinajstić information content (AvgIpc) is 2.81. The molecule has 28 heavy (non-hydrogen) atoms. The minimum absolute atomic E-state index is 0.222. The standard InChI is InChI=1S/C23H26N2O3/c1-14(2)16-7-6-8-17(13-16)24-21(27)19-20(26)23(4,5)25(22(19)28)18-11-9-15(3)10-12-18/h6-14,26H,1-5H3,(H,24,27). The molecular weight excluding hydrogens is 352 g/mol. The molecule has 2 N–H and O–H groups in total. The molecule has 1 heterocycles. The van der Waals surface area contributed by atoms with Crippen LogP contribution in [0.1, 0.15) is 44.7 Å². The third kappa shape index (κ3) is 3.40. The Morgan fingerprint density at radius 1 is 1.11 bits per heavy atom. The molecule has 0 aromatic heterocycles. The second-order valence-corrected chi connectivity index (χ2v) is 7.99. The molecule has 2 amide bonds. The quantitative estimate of drug-likeness (QED) is 0.758. The summed E-state index contributed by atoms with van der Waals surface area (Å²) >= 11 is 0. The predicted molar refractivity (Wildman–Crippen MR) is 112 cm³/mol. The van der Waals surface area contributed by atoms with Crippen LogP contribution in [0.3, 0.4) is 0 Å². The molecule has 1 aliphatic rings. The molecule has 3 rings (SSSR count). The van der Waals surface area contributed by atoms with E-state index in [0.29, 0.717) is 17.3 Å². The first-order valence-electron chi connectivity index (χ1n) is 9.39. The van der Waals surface area contributed by atoms with Gasteiger partial charge in [0.05, 0.1) is 0 Å². The number of aliphatic hydroxyl groups excluding tert-OH is 1. The first-order valence-corrected chi connectivity index (χ1v) is 9.39. The molecule has 0 saturated heterocycles. The molecule has 0 bridgehead atoms. The van der Waals surface area contributed by atoms with Crippen molar-refractivity contribution in [3.63, 3.8) is 0 Å². The largest absolute Gasteiger partial charge is 0.509 e. The Morgan fingerprint density at radius 2 is 1.75 bits per heavy atom. The Kier molecular flexibility index (Phi) is 5.02. The van der Waals surface area contributed by atoms with E-state index in [9.17, 15) is 14.7 Å². The van der Waals surface area contributed by atoms with E-state index >= 15 is 0 Å². The first-order chi connectivity index (χ1) is 13.1. The second-order valence-electron chi connectivity index (χ2n) is 7.99. The fraction of sp³-hybridized carbons (Fsp3) is 0.304. The number of nitrogens with zero attached hydrogens (tertiary/aromatic N) is 1. The van der Waals surface area contributed by atoms with Gasteiger partial charge in [-0.25, -0.2) is 0 Å². The maximum Gasteiger partial charge on any atom is 0.268 e. The molecule has 0 radical (unpaired) electrons. The number of aliphatic hydroxyl groups is 1. The van der Waals surface area contributed by atoms with Crippen LogP contribution in [0, 0.1) is 6.92 Å². The van der Waals surface area contributed by atoms with Crippen LogP contribution in [0.2, 0.25) is 0 Å². The van der Waals surface area contributed by atoms with Gasteiger partial charge in [-0.1, -0.05) is 43.7 Å². The molecular formula is C23H26N2O3. The number of nitrogens with one attached hydrogen (secondary N) is 1. The SMILES string of the molecule is Cc1ccc(N2C(=O)C(C(=O)Nc3cccc(C(C)C)c3)=C(O)C2(C)C)cc1. The summed E-state index contributed by atoms with van der Waals surface area (Å²) in [5, 5.41) is 13.5. The minimum Gasteiger partial charge on any atom is -0.509 e. The van der Waals surface area contributed by atoms with Crippen molar-refractivity contribution >= 4 is 23.2 Å². The van der Waals surface area contributed by atoms with E-state index in [1.54, 1.807) is 19.9 Å². The summed E-state index contributed by atoms with van der Waals surface area (Å²) in [6.45, 7) is 9.54. The zero-order valence-corrected chi connectivity index (χ0v) is 16.9. The van der Waals surface area contributed by atoms with Gasteiger partial charge < -0.3 is 10.4 Å². The molecule has 0 saturated carbocycles. The van der Waals surface area contributed by atoms with Gasteiger partial charge in [0.15, 0.2) is 0 Å². The Labute approximate surface area is 165 Å². The number of carbonyl (C=O) groups is 2. The van der Waals surface area contributed by atoms with Crippen molar-refractivity contribution in [1.29, 1.82) is 0 Å². The van der Waals surface area contributed by atoms with Gasteiger partial charge in [-0.3, -0.25) is 14.5 Å². The molecule has 0 unspecified atom stereocenters. The van der Waals surface area contributed by atoms with Gasteiger partial charge >= 0.3 is 0 Å². The maximum absolute atomic E-state index is 13.1. The fourth-order valence-electron chi connectivity index (χ4n) is 3.39. The number of amides is 2. The van der Waals surface area contributed by atoms with Crippen molar-refractivity contribution in [1.82, 2.24) is 0 Å². The number of hydrogen-bond acceptors (Lipinski definition) is 3. The van der Waals surface area contributed by atoms with Gasteiger partial charge in [0, 0.05) is 11.4 Å². The van der Waals surface area contributed by atoms with E-state index in [-0.39, 0.29) is 11.3 Å². The number of benzene rings is 2. The van der Waals surface area contributed by atoms with E-state index < -0.39 is 17.4 Å². The van der Waals surface area contributed by atoms with Crippen LogP contribution in [0.4, 0.5) is 11.4 Å². The summed E-state index contributed by atoms with van der Waals surface area (Å²) in [6, 6.07) is 14.9. The zero-order chi connectivity index (χ0) is 20.6. The normalized spacial score (nSPS) is 16.1. The highest BCUT2D eigenvalue weighted by Crippen LogP contribution is 2.38. The monoisotopic (exact) mass is 378 g/mol. The van der Waals surface area contributed by atoms with Crippen molar-refractivity contribution in [3.8, 4) is 0 Å². The predicted octanol–water partition coefficient (Wildman–Crippen LogP) is 4.69. The highest BCUT2D eigenvalue weighted by atomic mass is 16.3. The van der Waals surface area contributed by atoms with E-state index in [1.165, 1.54) is 4.90 Å². The third-order valence-corrected chi connectivity index (χ3v) is 5.12. The lowest BCUT2D eigenvalue weighted by Gasteiger charge is -2.32. The summed E-state index contributed by atoms with van der Waals surface area (Å²) in [5.74, 6) is -1.03. The lowest BCUT2D eigenvalue weighted by atomic mass is 10.0. The Balaban J connectivity index is 1.92. The molecule has 2 aromatic rings. The maximum atomic E-state index is 13.1. The molecule has 0 spiro atoms. The van der Waals surface area contributed by atoms with Crippen molar-refractivity contribution in [2.24, 2.45) is 0 Å². The molecule has 0 atom stereocenters. The van der Waals surface area contributed by atoms with Gasteiger partial charge in [-0.2, -0.15) is 0 Å². The van der Waals surface area contributed by atoms with Gasteiger partial charge in [-0.05, 0) is 56.5 Å². The van der Waals surface area contributed by atoms with Crippen LogP contribution in [-0.4, -0.2) is 22.5 Å². The first kappa shape index (κ1) is 19.7.